The van der Waals surface area contributed by atoms with E-state index in [1.165, 1.54) is 0 Å². The molecular formula is C13H28O3Si. The molecule has 0 spiro atoms. The molecule has 0 saturated heterocycles. The van der Waals surface area contributed by atoms with Gasteiger partial charge in [-0.05, 0) is 40.0 Å². The highest BCUT2D eigenvalue weighted by atomic mass is 28.1. The van der Waals surface area contributed by atoms with Crippen molar-refractivity contribution in [1.82, 2.24) is 0 Å². The minimum absolute atomic E-state index is 0.0408. The molecule has 17 heavy (non-hydrogen) atoms. The first kappa shape index (κ1) is 16.8. The van der Waals surface area contributed by atoms with Crippen molar-refractivity contribution < 1.29 is 14.2 Å². The molecule has 0 rings (SSSR count). The molecule has 0 aliphatic rings. The first-order chi connectivity index (χ1) is 8.14. The normalized spacial score (nSPS) is 13.8. The fraction of sp³-hybridized carbons (Fsp3) is 0.846. The second kappa shape index (κ2) is 9.83. The Labute approximate surface area is 109 Å². The fourth-order valence-corrected chi connectivity index (χ4v) is 2.98. The van der Waals surface area contributed by atoms with E-state index in [9.17, 15) is 0 Å². The summed E-state index contributed by atoms with van der Waals surface area (Å²) >= 11 is 0. The van der Waals surface area contributed by atoms with Crippen LogP contribution in [0.3, 0.4) is 0 Å². The number of hydrogen-bond acceptors (Lipinski definition) is 3. The largest absolute Gasteiger partial charge is 0.373 e. The van der Waals surface area contributed by atoms with E-state index in [0.29, 0.717) is 19.8 Å². The summed E-state index contributed by atoms with van der Waals surface area (Å²) in [5.74, 6) is 0. The van der Waals surface area contributed by atoms with Gasteiger partial charge in [0.15, 0.2) is 5.41 Å². The molecule has 3 nitrogen and oxygen atoms in total. The van der Waals surface area contributed by atoms with Crippen LogP contribution >= 0.6 is 0 Å². The van der Waals surface area contributed by atoms with Gasteiger partial charge in [0.25, 0.3) is 0 Å². The number of unbranched alkanes of at least 4 members (excludes halogenated alkanes) is 1. The van der Waals surface area contributed by atoms with Gasteiger partial charge in [-0.1, -0.05) is 6.08 Å². The monoisotopic (exact) mass is 260 g/mol. The first-order valence-electron chi connectivity index (χ1n) is 6.64. The summed E-state index contributed by atoms with van der Waals surface area (Å²) in [7, 11) is 0.808. The van der Waals surface area contributed by atoms with Crippen LogP contribution in [0.4, 0.5) is 0 Å². The third kappa shape index (κ3) is 6.36. The molecule has 0 N–H and O–H groups in total. The second-order valence-corrected chi connectivity index (χ2v) is 5.44. The summed E-state index contributed by atoms with van der Waals surface area (Å²) in [4.78, 5) is 0. The van der Waals surface area contributed by atoms with Crippen LogP contribution in [-0.2, 0) is 14.2 Å². The molecule has 1 unspecified atom stereocenters. The molecule has 0 heterocycles. The standard InChI is InChI=1S/C13H28O3Si/c1-5-9-10-11-12(14-6-2)13(17,15-7-3)16-8-4/h5,12H,1,6-11H2,2-4,17H3. The highest BCUT2D eigenvalue weighted by Crippen LogP contribution is 2.22. The molecule has 102 valence electrons. The zero-order valence-corrected chi connectivity index (χ0v) is 13.8. The Bertz CT molecular complexity index is 191. The van der Waals surface area contributed by atoms with Gasteiger partial charge in [0.05, 0.1) is 10.2 Å². The number of hydrogen-bond donors (Lipinski definition) is 0. The average Bonchev–Trinajstić information content (AvgIpc) is 2.29. The van der Waals surface area contributed by atoms with E-state index in [1.54, 1.807) is 0 Å². The molecular weight excluding hydrogens is 232 g/mol. The maximum Gasteiger partial charge on any atom is 0.166 e. The van der Waals surface area contributed by atoms with Crippen molar-refractivity contribution in [3.63, 3.8) is 0 Å². The number of rotatable bonds is 11. The lowest BCUT2D eigenvalue weighted by molar-refractivity contribution is -0.237. The third-order valence-corrected chi connectivity index (χ3v) is 3.91. The Morgan fingerprint density at radius 2 is 1.76 bits per heavy atom. The van der Waals surface area contributed by atoms with Crippen molar-refractivity contribution in [3.05, 3.63) is 12.7 Å². The smallest absolute Gasteiger partial charge is 0.166 e. The van der Waals surface area contributed by atoms with Crippen LogP contribution in [0.25, 0.3) is 0 Å². The summed E-state index contributed by atoms with van der Waals surface area (Å²) in [6.45, 7) is 11.8. The molecule has 0 fully saturated rings. The summed E-state index contributed by atoms with van der Waals surface area (Å²) in [6, 6.07) is 0. The van der Waals surface area contributed by atoms with Crippen LogP contribution in [-0.4, -0.2) is 41.6 Å². The van der Waals surface area contributed by atoms with E-state index in [2.05, 4.69) is 6.58 Å². The lowest BCUT2D eigenvalue weighted by Crippen LogP contribution is -2.49. The highest BCUT2D eigenvalue weighted by Gasteiger charge is 2.35. The van der Waals surface area contributed by atoms with Crippen molar-refractivity contribution in [2.75, 3.05) is 19.8 Å². The molecule has 0 aromatic rings. The van der Waals surface area contributed by atoms with Crippen molar-refractivity contribution in [1.29, 1.82) is 0 Å². The maximum atomic E-state index is 5.81. The van der Waals surface area contributed by atoms with E-state index >= 15 is 0 Å². The number of ether oxygens (including phenoxy) is 3. The lowest BCUT2D eigenvalue weighted by atomic mass is 10.1. The maximum absolute atomic E-state index is 5.81. The zero-order chi connectivity index (χ0) is 13.1. The third-order valence-electron chi connectivity index (χ3n) is 2.69. The first-order valence-corrected chi connectivity index (χ1v) is 7.64. The van der Waals surface area contributed by atoms with Crippen molar-refractivity contribution in [3.8, 4) is 0 Å². The van der Waals surface area contributed by atoms with Crippen LogP contribution in [0.5, 0.6) is 0 Å². The minimum Gasteiger partial charge on any atom is -0.373 e. The molecule has 0 aliphatic heterocycles. The molecule has 0 radical (unpaired) electrons. The van der Waals surface area contributed by atoms with E-state index in [-0.39, 0.29) is 6.10 Å². The molecule has 0 aromatic carbocycles. The van der Waals surface area contributed by atoms with Gasteiger partial charge in [-0.2, -0.15) is 0 Å². The van der Waals surface area contributed by atoms with Crippen LogP contribution in [0.1, 0.15) is 40.0 Å². The van der Waals surface area contributed by atoms with Gasteiger partial charge in [0.1, 0.15) is 6.10 Å². The molecule has 1 atom stereocenters. The van der Waals surface area contributed by atoms with Gasteiger partial charge < -0.3 is 14.2 Å². The van der Waals surface area contributed by atoms with Gasteiger partial charge in [-0.3, -0.25) is 0 Å². The average molecular weight is 260 g/mol. The fourth-order valence-electron chi connectivity index (χ4n) is 1.95. The van der Waals surface area contributed by atoms with Crippen LogP contribution in [0.15, 0.2) is 12.7 Å². The molecule has 0 bridgehead atoms. The van der Waals surface area contributed by atoms with Crippen LogP contribution < -0.4 is 0 Å². The quantitative estimate of drug-likeness (QED) is 0.245. The summed E-state index contributed by atoms with van der Waals surface area (Å²) < 4.78 is 17.4. The van der Waals surface area contributed by atoms with Gasteiger partial charge in [0.2, 0.25) is 0 Å². The summed E-state index contributed by atoms with van der Waals surface area (Å²) in [6.07, 6.45) is 5.03. The molecule has 0 amide bonds. The number of allylic oxidation sites excluding steroid dienone is 1. The minimum atomic E-state index is -0.499. The van der Waals surface area contributed by atoms with Gasteiger partial charge >= 0.3 is 0 Å². The van der Waals surface area contributed by atoms with E-state index in [0.717, 1.165) is 29.5 Å². The van der Waals surface area contributed by atoms with Crippen molar-refractivity contribution in [2.45, 2.75) is 51.5 Å². The van der Waals surface area contributed by atoms with Crippen LogP contribution in [0, 0.1) is 0 Å². The lowest BCUT2D eigenvalue weighted by Gasteiger charge is -2.37. The van der Waals surface area contributed by atoms with Crippen molar-refractivity contribution in [2.24, 2.45) is 0 Å². The second-order valence-electron chi connectivity index (χ2n) is 4.05. The zero-order valence-electron chi connectivity index (χ0n) is 11.8. The van der Waals surface area contributed by atoms with Gasteiger partial charge in [-0.15, -0.1) is 6.58 Å². The Morgan fingerprint density at radius 3 is 2.18 bits per heavy atom. The van der Waals surface area contributed by atoms with Gasteiger partial charge in [-0.25, -0.2) is 0 Å². The van der Waals surface area contributed by atoms with E-state index in [4.69, 9.17) is 14.2 Å². The van der Waals surface area contributed by atoms with Crippen LogP contribution in [0.2, 0.25) is 0 Å². The predicted molar refractivity (Wildman–Crippen MR) is 75.4 cm³/mol. The molecule has 0 saturated carbocycles. The summed E-state index contributed by atoms with van der Waals surface area (Å²) in [5, 5.41) is 0. The summed E-state index contributed by atoms with van der Waals surface area (Å²) in [5.41, 5.74) is -0.499. The Kier molecular flexibility index (Phi) is 9.73. The molecule has 0 aromatic heterocycles. The van der Waals surface area contributed by atoms with E-state index < -0.39 is 5.41 Å². The SMILES string of the molecule is C=CCCCC(OCC)C([SiH3])(OCC)OCC. The predicted octanol–water partition coefficient (Wildman–Crippen LogP) is 1.84. The topological polar surface area (TPSA) is 27.7 Å². The van der Waals surface area contributed by atoms with Crippen molar-refractivity contribution >= 4 is 10.2 Å². The Morgan fingerprint density at radius 1 is 1.18 bits per heavy atom. The Balaban J connectivity index is 4.50. The molecule has 4 heteroatoms. The highest BCUT2D eigenvalue weighted by molar-refractivity contribution is 6.13. The Hall–Kier alpha value is -0.163. The molecule has 0 aliphatic carbocycles. The van der Waals surface area contributed by atoms with E-state index in [1.807, 2.05) is 26.8 Å². The van der Waals surface area contributed by atoms with Gasteiger partial charge in [0, 0.05) is 19.8 Å².